The summed E-state index contributed by atoms with van der Waals surface area (Å²) < 4.78 is 15.1. The minimum Gasteiger partial charge on any atom is -0.334 e. The Kier molecular flexibility index (Phi) is 5.91. The molecule has 10 heteroatoms. The molecule has 1 unspecified atom stereocenters. The zero-order valence-electron chi connectivity index (χ0n) is 16.7. The molecule has 8 nitrogen and oxygen atoms in total. The van der Waals surface area contributed by atoms with Crippen LogP contribution in [0.3, 0.4) is 0 Å². The molecular weight excluding hydrogens is 439 g/mol. The van der Waals surface area contributed by atoms with E-state index in [2.05, 4.69) is 16.0 Å². The lowest BCUT2D eigenvalue weighted by molar-refractivity contribution is -0.135. The van der Waals surface area contributed by atoms with Crippen LogP contribution >= 0.6 is 11.6 Å². The van der Waals surface area contributed by atoms with Gasteiger partial charge in [0.2, 0.25) is 11.8 Å². The molecule has 0 radical (unpaired) electrons. The molecule has 0 aliphatic carbocycles. The number of piperidine rings is 1. The van der Waals surface area contributed by atoms with Gasteiger partial charge in [-0.2, -0.15) is 0 Å². The first-order valence-corrected chi connectivity index (χ1v) is 10.2. The predicted octanol–water partition coefficient (Wildman–Crippen LogP) is 3.09. The molecule has 1 aliphatic rings. The Hall–Kier alpha value is -3.72. The van der Waals surface area contributed by atoms with Crippen molar-refractivity contribution in [3.05, 3.63) is 75.4 Å². The largest absolute Gasteiger partial charge is 0.334 e. The van der Waals surface area contributed by atoms with Gasteiger partial charge < -0.3 is 15.2 Å². The number of aromatic nitrogens is 1. The molecule has 3 N–H and O–H groups in total. The average Bonchev–Trinajstić information content (AvgIpc) is 2.75. The van der Waals surface area contributed by atoms with Gasteiger partial charge in [0.15, 0.2) is 0 Å². The maximum absolute atomic E-state index is 13.8. The fraction of sp³-hybridized carbons (Fsp3) is 0.182. The maximum atomic E-state index is 13.8. The van der Waals surface area contributed by atoms with Crippen molar-refractivity contribution in [3.8, 4) is 0 Å². The van der Waals surface area contributed by atoms with Gasteiger partial charge in [0, 0.05) is 29.6 Å². The molecule has 32 heavy (non-hydrogen) atoms. The molecule has 1 saturated heterocycles. The van der Waals surface area contributed by atoms with Crippen LogP contribution in [0.4, 0.5) is 14.9 Å². The van der Waals surface area contributed by atoms with Crippen LogP contribution in [0.5, 0.6) is 0 Å². The molecule has 0 spiro atoms. The van der Waals surface area contributed by atoms with E-state index in [0.717, 1.165) is 6.07 Å². The molecule has 4 amide bonds. The zero-order chi connectivity index (χ0) is 22.8. The summed E-state index contributed by atoms with van der Waals surface area (Å²) in [5.41, 5.74) is 0.256. The lowest BCUT2D eigenvalue weighted by atomic mass is 10.0. The molecule has 4 rings (SSSR count). The highest BCUT2D eigenvalue weighted by Gasteiger charge is 2.28. The van der Waals surface area contributed by atoms with Crippen LogP contribution < -0.4 is 21.5 Å². The molecule has 1 aliphatic heterocycles. The van der Waals surface area contributed by atoms with E-state index in [-0.39, 0.29) is 41.6 Å². The summed E-state index contributed by atoms with van der Waals surface area (Å²) in [6.45, 7) is 0.0870. The van der Waals surface area contributed by atoms with Gasteiger partial charge in [-0.3, -0.25) is 19.7 Å². The number of urea groups is 1. The zero-order valence-corrected chi connectivity index (χ0v) is 17.4. The molecule has 2 heterocycles. The number of nitrogens with zero attached hydrogens (tertiary/aromatic N) is 1. The second kappa shape index (κ2) is 8.80. The van der Waals surface area contributed by atoms with Crippen molar-refractivity contribution in [3.63, 3.8) is 0 Å². The second-order valence-electron chi connectivity index (χ2n) is 7.35. The smallest absolute Gasteiger partial charge is 0.319 e. The fourth-order valence-corrected chi connectivity index (χ4v) is 3.70. The number of fused-ring (bicyclic) bond motifs is 1. The third-order valence-electron chi connectivity index (χ3n) is 5.18. The summed E-state index contributed by atoms with van der Waals surface area (Å²) in [6, 6.07) is 9.35. The Morgan fingerprint density at radius 3 is 2.72 bits per heavy atom. The number of amides is 4. The summed E-state index contributed by atoms with van der Waals surface area (Å²) in [5.74, 6) is -1.52. The van der Waals surface area contributed by atoms with Gasteiger partial charge in [0.25, 0.3) is 5.56 Å². The summed E-state index contributed by atoms with van der Waals surface area (Å²) >= 11 is 5.70. The fourth-order valence-electron chi connectivity index (χ4n) is 3.54. The number of rotatable bonds is 4. The molecule has 2 aromatic carbocycles. The van der Waals surface area contributed by atoms with Gasteiger partial charge in [-0.15, -0.1) is 0 Å². The summed E-state index contributed by atoms with van der Waals surface area (Å²) in [7, 11) is 0. The highest BCUT2D eigenvalue weighted by Crippen LogP contribution is 2.20. The number of benzene rings is 2. The van der Waals surface area contributed by atoms with Crippen molar-refractivity contribution in [2.45, 2.75) is 25.4 Å². The first-order valence-electron chi connectivity index (χ1n) is 9.79. The topological polar surface area (TPSA) is 109 Å². The van der Waals surface area contributed by atoms with E-state index in [1.54, 1.807) is 24.3 Å². The molecule has 1 aromatic heterocycles. The number of nitrogens with one attached hydrogen (secondary N) is 3. The van der Waals surface area contributed by atoms with Crippen LogP contribution in [-0.2, 0) is 16.1 Å². The normalized spacial score (nSPS) is 16.0. The number of halogens is 2. The third-order valence-corrected chi connectivity index (χ3v) is 5.41. The number of pyridine rings is 1. The first kappa shape index (κ1) is 21.5. The molecule has 0 bridgehead atoms. The summed E-state index contributed by atoms with van der Waals surface area (Å²) in [6.07, 6.45) is 1.95. The molecular formula is C22H18ClFN4O4. The highest BCUT2D eigenvalue weighted by molar-refractivity contribution is 6.30. The van der Waals surface area contributed by atoms with E-state index in [4.69, 9.17) is 11.6 Å². The quantitative estimate of drug-likeness (QED) is 0.524. The van der Waals surface area contributed by atoms with Gasteiger partial charge in [-0.25, -0.2) is 9.18 Å². The van der Waals surface area contributed by atoms with E-state index in [9.17, 15) is 23.6 Å². The van der Waals surface area contributed by atoms with E-state index in [1.165, 1.54) is 22.9 Å². The maximum Gasteiger partial charge on any atom is 0.319 e. The van der Waals surface area contributed by atoms with Crippen LogP contribution in [-0.4, -0.2) is 22.4 Å². The lowest BCUT2D eigenvalue weighted by Gasteiger charge is -2.23. The molecule has 1 fully saturated rings. The van der Waals surface area contributed by atoms with Gasteiger partial charge in [0.1, 0.15) is 11.9 Å². The van der Waals surface area contributed by atoms with Crippen LogP contribution in [0.25, 0.3) is 10.8 Å². The van der Waals surface area contributed by atoms with Crippen molar-refractivity contribution in [2.24, 2.45) is 0 Å². The van der Waals surface area contributed by atoms with Crippen molar-refractivity contribution in [1.82, 2.24) is 15.2 Å². The highest BCUT2D eigenvalue weighted by atomic mass is 35.5. The van der Waals surface area contributed by atoms with Crippen molar-refractivity contribution in [1.29, 1.82) is 0 Å². The van der Waals surface area contributed by atoms with E-state index in [1.807, 2.05) is 0 Å². The summed E-state index contributed by atoms with van der Waals surface area (Å²) in [4.78, 5) is 48.6. The van der Waals surface area contributed by atoms with Gasteiger partial charge >= 0.3 is 6.03 Å². The monoisotopic (exact) mass is 456 g/mol. The predicted molar refractivity (Wildman–Crippen MR) is 117 cm³/mol. The lowest BCUT2D eigenvalue weighted by Crippen LogP contribution is -2.44. The minimum absolute atomic E-state index is 0.0162. The Morgan fingerprint density at radius 2 is 1.97 bits per heavy atom. The van der Waals surface area contributed by atoms with Crippen LogP contribution in [0.1, 0.15) is 24.4 Å². The summed E-state index contributed by atoms with van der Waals surface area (Å²) in [5, 5.41) is 8.51. The van der Waals surface area contributed by atoms with Crippen LogP contribution in [0, 0.1) is 5.82 Å². The van der Waals surface area contributed by atoms with Crippen molar-refractivity contribution in [2.75, 3.05) is 5.32 Å². The minimum atomic E-state index is -0.758. The van der Waals surface area contributed by atoms with Gasteiger partial charge in [0.05, 0.1) is 5.69 Å². The van der Waals surface area contributed by atoms with Gasteiger partial charge in [-0.05, 0) is 47.7 Å². The van der Waals surface area contributed by atoms with E-state index in [0.29, 0.717) is 16.3 Å². The van der Waals surface area contributed by atoms with Gasteiger partial charge in [-0.1, -0.05) is 23.7 Å². The SMILES string of the molecule is O=C1CCC(n2ccc3ccc(CNC(=O)Nc4ccc(Cl)cc4F)cc3c2=O)C(=O)N1. The Morgan fingerprint density at radius 1 is 1.16 bits per heavy atom. The van der Waals surface area contributed by atoms with Crippen molar-refractivity contribution < 1.29 is 18.8 Å². The number of hydrogen-bond acceptors (Lipinski definition) is 4. The third kappa shape index (κ3) is 4.47. The standard InChI is InChI=1S/C22H18ClFN4O4/c23-14-3-4-17(16(24)10-14)26-22(32)25-11-12-1-2-13-7-8-28(21(31)15(13)9-12)18-5-6-19(29)27-20(18)30/h1-4,7-10,18H,5-6,11H2,(H2,25,26,32)(H,27,29,30). The Labute approximate surface area is 186 Å². The molecule has 1 atom stereocenters. The number of carbonyl (C=O) groups is 3. The number of imide groups is 1. The second-order valence-corrected chi connectivity index (χ2v) is 7.78. The Bertz CT molecular complexity index is 1310. The molecule has 3 aromatic rings. The van der Waals surface area contributed by atoms with Crippen LogP contribution in [0.2, 0.25) is 5.02 Å². The average molecular weight is 457 g/mol. The van der Waals surface area contributed by atoms with E-state index < -0.39 is 23.8 Å². The first-order chi connectivity index (χ1) is 15.3. The molecule has 0 saturated carbocycles. The van der Waals surface area contributed by atoms with E-state index >= 15 is 0 Å². The Balaban J connectivity index is 1.51. The number of carbonyl (C=O) groups excluding carboxylic acids is 3. The molecule has 164 valence electrons. The van der Waals surface area contributed by atoms with Crippen molar-refractivity contribution >= 4 is 45.9 Å². The number of anilines is 1. The van der Waals surface area contributed by atoms with Crippen LogP contribution in [0.15, 0.2) is 53.5 Å². The number of hydrogen-bond donors (Lipinski definition) is 3.